The van der Waals surface area contributed by atoms with Crippen molar-refractivity contribution in [2.24, 2.45) is 0 Å². The fraction of sp³-hybridized carbons (Fsp3) is 0.200. The zero-order chi connectivity index (χ0) is 9.64. The van der Waals surface area contributed by atoms with Gasteiger partial charge in [-0.25, -0.2) is 0 Å². The molecule has 2 aromatic rings. The fourth-order valence-corrected chi connectivity index (χ4v) is 1.82. The van der Waals surface area contributed by atoms with E-state index in [1.165, 1.54) is 4.88 Å². The molecule has 0 spiro atoms. The Kier molecular flexibility index (Phi) is 3.21. The van der Waals surface area contributed by atoms with Crippen LogP contribution in [0.2, 0.25) is 0 Å². The molecule has 2 rings (SSSR count). The largest absolute Gasteiger partial charge is 0.306 e. The second kappa shape index (κ2) is 4.83. The molecular weight excluding hydrogens is 194 g/mol. The molecule has 0 radical (unpaired) electrons. The lowest BCUT2D eigenvalue weighted by atomic mass is 10.4. The molecule has 0 aromatic carbocycles. The average Bonchev–Trinajstić information content (AvgIpc) is 2.72. The van der Waals surface area contributed by atoms with E-state index in [9.17, 15) is 0 Å². The number of hydrogen-bond donors (Lipinski definition) is 1. The summed E-state index contributed by atoms with van der Waals surface area (Å²) in [6, 6.07) is 4.18. The van der Waals surface area contributed by atoms with E-state index in [2.05, 4.69) is 32.8 Å². The summed E-state index contributed by atoms with van der Waals surface area (Å²) in [5, 5.41) is 5.39. The maximum absolute atomic E-state index is 4.18. The van der Waals surface area contributed by atoms with Gasteiger partial charge in [0.1, 0.15) is 0 Å². The van der Waals surface area contributed by atoms with Crippen molar-refractivity contribution in [3.05, 3.63) is 46.7 Å². The van der Waals surface area contributed by atoms with Gasteiger partial charge in [0.05, 0.1) is 5.69 Å². The first kappa shape index (κ1) is 9.30. The highest BCUT2D eigenvalue weighted by atomic mass is 32.1. The van der Waals surface area contributed by atoms with Gasteiger partial charge >= 0.3 is 0 Å². The molecule has 4 heteroatoms. The monoisotopic (exact) mass is 205 g/mol. The van der Waals surface area contributed by atoms with Crippen molar-refractivity contribution in [3.63, 3.8) is 0 Å². The number of aromatic nitrogens is 2. The molecule has 1 N–H and O–H groups in total. The molecule has 0 aliphatic carbocycles. The number of hydrogen-bond acceptors (Lipinski definition) is 4. The van der Waals surface area contributed by atoms with Crippen LogP contribution in [0.25, 0.3) is 0 Å². The van der Waals surface area contributed by atoms with Crippen LogP contribution in [0.5, 0.6) is 0 Å². The fourth-order valence-electron chi connectivity index (χ4n) is 1.15. The number of thiophene rings is 1. The first-order chi connectivity index (χ1) is 6.95. The second-order valence-electron chi connectivity index (χ2n) is 2.88. The molecule has 0 amide bonds. The van der Waals surface area contributed by atoms with Crippen LogP contribution >= 0.6 is 11.3 Å². The van der Waals surface area contributed by atoms with E-state index < -0.39 is 0 Å². The smallest absolute Gasteiger partial charge is 0.0724 e. The van der Waals surface area contributed by atoms with Crippen molar-refractivity contribution in [1.82, 2.24) is 15.3 Å². The van der Waals surface area contributed by atoms with Crippen molar-refractivity contribution in [1.29, 1.82) is 0 Å². The summed E-state index contributed by atoms with van der Waals surface area (Å²) in [4.78, 5) is 9.52. The third kappa shape index (κ3) is 2.61. The van der Waals surface area contributed by atoms with Gasteiger partial charge in [-0.2, -0.15) is 0 Å². The van der Waals surface area contributed by atoms with E-state index in [0.29, 0.717) is 0 Å². The Morgan fingerprint density at radius 2 is 2.29 bits per heavy atom. The maximum Gasteiger partial charge on any atom is 0.0724 e. The minimum atomic E-state index is 0.770. The van der Waals surface area contributed by atoms with Gasteiger partial charge < -0.3 is 5.32 Å². The Hall–Kier alpha value is -1.26. The molecule has 0 aliphatic heterocycles. The Bertz CT molecular complexity index is 358. The molecule has 2 aromatic heterocycles. The van der Waals surface area contributed by atoms with Crippen LogP contribution in [-0.4, -0.2) is 9.97 Å². The summed E-state index contributed by atoms with van der Waals surface area (Å²) in [7, 11) is 0. The highest BCUT2D eigenvalue weighted by Crippen LogP contribution is 2.07. The van der Waals surface area contributed by atoms with E-state index in [0.717, 1.165) is 18.8 Å². The van der Waals surface area contributed by atoms with Crippen molar-refractivity contribution < 1.29 is 0 Å². The molecule has 0 fully saturated rings. The Morgan fingerprint density at radius 1 is 1.29 bits per heavy atom. The van der Waals surface area contributed by atoms with E-state index in [1.807, 2.05) is 0 Å². The van der Waals surface area contributed by atoms with Gasteiger partial charge in [-0.1, -0.05) is 6.07 Å². The maximum atomic E-state index is 4.18. The van der Waals surface area contributed by atoms with Gasteiger partial charge in [-0.3, -0.25) is 9.97 Å². The van der Waals surface area contributed by atoms with Crippen LogP contribution in [0.4, 0.5) is 0 Å². The molecule has 3 nitrogen and oxygen atoms in total. The molecule has 0 saturated carbocycles. The summed E-state index contributed by atoms with van der Waals surface area (Å²) >= 11 is 1.76. The van der Waals surface area contributed by atoms with E-state index in [-0.39, 0.29) is 0 Å². The van der Waals surface area contributed by atoms with Crippen molar-refractivity contribution in [3.8, 4) is 0 Å². The van der Waals surface area contributed by atoms with E-state index in [1.54, 1.807) is 29.9 Å². The predicted octanol–water partition coefficient (Wildman–Crippen LogP) is 1.83. The lowest BCUT2D eigenvalue weighted by Crippen LogP contribution is -2.12. The van der Waals surface area contributed by atoms with Crippen molar-refractivity contribution in [2.75, 3.05) is 0 Å². The van der Waals surface area contributed by atoms with Crippen molar-refractivity contribution in [2.45, 2.75) is 13.1 Å². The summed E-state index contributed by atoms with van der Waals surface area (Å²) in [6.45, 7) is 1.67. The Labute approximate surface area is 86.8 Å². The molecule has 0 saturated heterocycles. The van der Waals surface area contributed by atoms with Crippen LogP contribution in [0.1, 0.15) is 10.6 Å². The molecular formula is C10H11N3S. The molecule has 2 heterocycles. The lowest BCUT2D eigenvalue weighted by Gasteiger charge is -2.01. The normalized spacial score (nSPS) is 10.3. The minimum absolute atomic E-state index is 0.770. The lowest BCUT2D eigenvalue weighted by molar-refractivity contribution is 0.683. The van der Waals surface area contributed by atoms with Gasteiger partial charge in [-0.15, -0.1) is 11.3 Å². The molecule has 72 valence electrons. The molecule has 14 heavy (non-hydrogen) atoms. The van der Waals surface area contributed by atoms with Gasteiger partial charge in [0.15, 0.2) is 0 Å². The Balaban J connectivity index is 1.79. The average molecular weight is 205 g/mol. The van der Waals surface area contributed by atoms with Crippen LogP contribution < -0.4 is 5.32 Å². The standard InChI is InChI=1S/C10H11N3S/c1-2-10(14-5-1)8-12-7-9-6-11-3-4-13-9/h1-6,12H,7-8H2. The van der Waals surface area contributed by atoms with Crippen LogP contribution in [0, 0.1) is 0 Å². The number of rotatable bonds is 4. The predicted molar refractivity (Wildman–Crippen MR) is 56.9 cm³/mol. The van der Waals surface area contributed by atoms with Crippen LogP contribution in [-0.2, 0) is 13.1 Å². The van der Waals surface area contributed by atoms with Crippen LogP contribution in [0.3, 0.4) is 0 Å². The quantitative estimate of drug-likeness (QED) is 0.827. The second-order valence-corrected chi connectivity index (χ2v) is 3.91. The molecule has 0 atom stereocenters. The summed E-state index contributed by atoms with van der Waals surface area (Å²) in [6.07, 6.45) is 5.17. The van der Waals surface area contributed by atoms with Gasteiger partial charge in [0.2, 0.25) is 0 Å². The summed E-state index contributed by atoms with van der Waals surface area (Å²) in [5.74, 6) is 0. The first-order valence-corrected chi connectivity index (χ1v) is 5.31. The highest BCUT2D eigenvalue weighted by Gasteiger charge is 1.94. The molecule has 0 bridgehead atoms. The topological polar surface area (TPSA) is 37.8 Å². The van der Waals surface area contributed by atoms with Crippen molar-refractivity contribution >= 4 is 11.3 Å². The number of nitrogens with zero attached hydrogens (tertiary/aromatic N) is 2. The van der Waals surface area contributed by atoms with Gasteiger partial charge in [0.25, 0.3) is 0 Å². The third-order valence-electron chi connectivity index (χ3n) is 1.80. The third-order valence-corrected chi connectivity index (χ3v) is 2.68. The minimum Gasteiger partial charge on any atom is -0.306 e. The molecule has 0 unspecified atom stereocenters. The van der Waals surface area contributed by atoms with Gasteiger partial charge in [0, 0.05) is 36.6 Å². The highest BCUT2D eigenvalue weighted by molar-refractivity contribution is 7.09. The SMILES string of the molecule is c1csc(CNCc2cnccn2)c1. The summed E-state index contributed by atoms with van der Waals surface area (Å²) in [5.41, 5.74) is 0.976. The van der Waals surface area contributed by atoms with Crippen LogP contribution in [0.15, 0.2) is 36.1 Å². The molecule has 0 aliphatic rings. The first-order valence-electron chi connectivity index (χ1n) is 4.43. The van der Waals surface area contributed by atoms with E-state index >= 15 is 0 Å². The Morgan fingerprint density at radius 3 is 3.00 bits per heavy atom. The summed E-state index contributed by atoms with van der Waals surface area (Å²) < 4.78 is 0. The number of nitrogens with one attached hydrogen (secondary N) is 1. The van der Waals surface area contributed by atoms with E-state index in [4.69, 9.17) is 0 Å². The van der Waals surface area contributed by atoms with Gasteiger partial charge in [-0.05, 0) is 11.4 Å². The zero-order valence-electron chi connectivity index (χ0n) is 7.68. The zero-order valence-corrected chi connectivity index (χ0v) is 8.50.